The molecule has 0 aliphatic carbocycles. The maximum Gasteiger partial charge on any atom is 0.350 e. The van der Waals surface area contributed by atoms with Gasteiger partial charge in [0.2, 0.25) is 15.9 Å². The Hall–Kier alpha value is -1.94. The lowest BCUT2D eigenvalue weighted by Crippen LogP contribution is -2.43. The zero-order valence-corrected chi connectivity index (χ0v) is 17.4. The van der Waals surface area contributed by atoms with Crippen molar-refractivity contribution >= 4 is 50.5 Å². The number of esters is 1. The van der Waals surface area contributed by atoms with Gasteiger partial charge in [0.15, 0.2) is 0 Å². The number of halogens is 1. The number of thiophene rings is 1. The lowest BCUT2D eigenvalue weighted by Gasteiger charge is -2.31. The van der Waals surface area contributed by atoms with Gasteiger partial charge in [-0.1, -0.05) is 11.6 Å². The molecule has 0 radical (unpaired) electrons. The third kappa shape index (κ3) is 4.38. The molecule has 0 bridgehead atoms. The van der Waals surface area contributed by atoms with Crippen LogP contribution in [-0.2, 0) is 19.6 Å². The van der Waals surface area contributed by atoms with Crippen molar-refractivity contribution in [2.24, 2.45) is 5.92 Å². The Kier molecular flexibility index (Phi) is 6.39. The molecule has 150 valence electrons. The normalized spacial score (nSPS) is 17.9. The topological polar surface area (TPSA) is 92.8 Å². The van der Waals surface area contributed by atoms with Gasteiger partial charge in [-0.2, -0.15) is 4.31 Å². The number of hydrogen-bond acceptors (Lipinski definition) is 6. The van der Waals surface area contributed by atoms with Crippen LogP contribution in [0.1, 0.15) is 22.5 Å². The van der Waals surface area contributed by atoms with E-state index in [9.17, 15) is 18.0 Å². The van der Waals surface area contributed by atoms with Crippen molar-refractivity contribution in [3.05, 3.63) is 45.6 Å². The molecular formula is C18H19ClN2O5S2. The van der Waals surface area contributed by atoms with Crippen molar-refractivity contribution in [3.63, 3.8) is 0 Å². The number of sulfonamides is 1. The summed E-state index contributed by atoms with van der Waals surface area (Å²) in [5.74, 6) is -1.36. The number of amides is 1. The van der Waals surface area contributed by atoms with E-state index in [0.717, 1.165) is 0 Å². The Bertz CT molecular complexity index is 972. The van der Waals surface area contributed by atoms with E-state index < -0.39 is 21.9 Å². The second-order valence-electron chi connectivity index (χ2n) is 6.30. The Morgan fingerprint density at radius 2 is 1.96 bits per heavy atom. The van der Waals surface area contributed by atoms with E-state index in [1.54, 1.807) is 11.4 Å². The van der Waals surface area contributed by atoms with Crippen LogP contribution in [0.5, 0.6) is 0 Å². The van der Waals surface area contributed by atoms with E-state index in [2.05, 4.69) is 5.32 Å². The zero-order chi connectivity index (χ0) is 20.3. The first-order chi connectivity index (χ1) is 13.3. The van der Waals surface area contributed by atoms with Gasteiger partial charge < -0.3 is 10.1 Å². The molecule has 0 saturated carbocycles. The van der Waals surface area contributed by atoms with Gasteiger partial charge in [0.1, 0.15) is 4.88 Å². The molecule has 0 spiro atoms. The summed E-state index contributed by atoms with van der Waals surface area (Å²) in [5.41, 5.74) is 0.375. The molecule has 1 aliphatic rings. The van der Waals surface area contributed by atoms with Crippen LogP contribution in [-0.4, -0.2) is 44.8 Å². The molecule has 2 heterocycles. The van der Waals surface area contributed by atoms with E-state index in [4.69, 9.17) is 16.3 Å². The fourth-order valence-corrected chi connectivity index (χ4v) is 5.44. The molecule has 28 heavy (non-hydrogen) atoms. The fraction of sp³-hybridized carbons (Fsp3) is 0.333. The molecule has 1 aromatic heterocycles. The van der Waals surface area contributed by atoms with Crippen molar-refractivity contribution < 1.29 is 22.7 Å². The Labute approximate surface area is 172 Å². The minimum atomic E-state index is -3.71. The molecule has 1 aliphatic heterocycles. The highest BCUT2D eigenvalue weighted by Gasteiger charge is 2.33. The summed E-state index contributed by atoms with van der Waals surface area (Å²) in [6.45, 7) is 0.426. The number of rotatable bonds is 5. The molecule has 1 atom stereocenters. The fourth-order valence-electron chi connectivity index (χ4n) is 3.02. The van der Waals surface area contributed by atoms with Crippen LogP contribution < -0.4 is 5.32 Å². The maximum atomic E-state index is 12.9. The van der Waals surface area contributed by atoms with Crippen molar-refractivity contribution in [2.45, 2.75) is 17.7 Å². The smallest absolute Gasteiger partial charge is 0.350 e. The molecule has 1 amide bonds. The Balaban J connectivity index is 1.72. The minimum absolute atomic E-state index is 0.0779. The third-order valence-corrected chi connectivity index (χ3v) is 7.53. The van der Waals surface area contributed by atoms with Crippen molar-refractivity contribution in [1.82, 2.24) is 4.31 Å². The van der Waals surface area contributed by atoms with Crippen LogP contribution in [0.4, 0.5) is 5.69 Å². The number of benzene rings is 1. The zero-order valence-electron chi connectivity index (χ0n) is 15.1. The molecule has 3 rings (SSSR count). The van der Waals surface area contributed by atoms with Gasteiger partial charge in [0.25, 0.3) is 0 Å². The average molecular weight is 443 g/mol. The summed E-state index contributed by atoms with van der Waals surface area (Å²) in [4.78, 5) is 24.9. The van der Waals surface area contributed by atoms with E-state index >= 15 is 0 Å². The highest BCUT2D eigenvalue weighted by atomic mass is 35.5. The van der Waals surface area contributed by atoms with Crippen LogP contribution >= 0.6 is 22.9 Å². The van der Waals surface area contributed by atoms with Crippen LogP contribution in [0, 0.1) is 5.92 Å². The van der Waals surface area contributed by atoms with E-state index in [-0.39, 0.29) is 17.3 Å². The second-order valence-corrected chi connectivity index (χ2v) is 9.59. The van der Waals surface area contributed by atoms with Crippen molar-refractivity contribution in [2.75, 3.05) is 25.5 Å². The largest absolute Gasteiger partial charge is 0.465 e. The number of ether oxygens (including phenoxy) is 1. The maximum absolute atomic E-state index is 12.9. The van der Waals surface area contributed by atoms with Crippen LogP contribution in [0.25, 0.3) is 0 Å². The highest BCUT2D eigenvalue weighted by molar-refractivity contribution is 7.89. The number of nitrogens with zero attached hydrogens (tertiary/aromatic N) is 1. The van der Waals surface area contributed by atoms with Crippen LogP contribution in [0.3, 0.4) is 0 Å². The van der Waals surface area contributed by atoms with Gasteiger partial charge in [-0.15, -0.1) is 11.3 Å². The summed E-state index contributed by atoms with van der Waals surface area (Å²) in [6.07, 6.45) is 1.13. The average Bonchev–Trinajstić information content (AvgIpc) is 3.16. The predicted molar refractivity (Wildman–Crippen MR) is 107 cm³/mol. The summed E-state index contributed by atoms with van der Waals surface area (Å²) in [5, 5.41) is 4.86. The Morgan fingerprint density at radius 3 is 2.64 bits per heavy atom. The SMILES string of the molecule is COC(=O)c1sccc1NC(=O)C1CCCN(S(=O)(=O)c2ccc(Cl)cc2)C1. The molecule has 1 aromatic carbocycles. The molecule has 2 aromatic rings. The Morgan fingerprint density at radius 1 is 1.25 bits per heavy atom. The molecule has 1 unspecified atom stereocenters. The van der Waals surface area contributed by atoms with Crippen LogP contribution in [0.2, 0.25) is 5.02 Å². The molecule has 1 fully saturated rings. The quantitative estimate of drug-likeness (QED) is 0.717. The number of carbonyl (C=O) groups excluding carboxylic acids is 2. The molecule has 7 nitrogen and oxygen atoms in total. The third-order valence-electron chi connectivity index (χ3n) is 4.50. The second kappa shape index (κ2) is 8.60. The van der Waals surface area contributed by atoms with Crippen molar-refractivity contribution in [3.8, 4) is 0 Å². The molecular weight excluding hydrogens is 424 g/mol. The monoisotopic (exact) mass is 442 g/mol. The lowest BCUT2D eigenvalue weighted by molar-refractivity contribution is -0.120. The first-order valence-electron chi connectivity index (χ1n) is 8.55. The summed E-state index contributed by atoms with van der Waals surface area (Å²) >= 11 is 7.00. The van der Waals surface area contributed by atoms with E-state index in [0.29, 0.717) is 35.0 Å². The summed E-state index contributed by atoms with van der Waals surface area (Å²) in [7, 11) is -2.44. The standard InChI is InChI=1S/C18H19ClN2O5S2/c1-26-18(23)16-15(8-10-27-16)20-17(22)12-3-2-9-21(11-12)28(24,25)14-6-4-13(19)5-7-14/h4-8,10,12H,2-3,9,11H2,1H3,(H,20,22). The number of nitrogens with one attached hydrogen (secondary N) is 1. The van der Waals surface area contributed by atoms with Gasteiger partial charge in [-0.3, -0.25) is 4.79 Å². The number of carbonyl (C=O) groups is 2. The van der Waals surface area contributed by atoms with Gasteiger partial charge in [0.05, 0.1) is 23.6 Å². The van der Waals surface area contributed by atoms with Gasteiger partial charge in [-0.25, -0.2) is 13.2 Å². The van der Waals surface area contributed by atoms with Gasteiger partial charge in [0, 0.05) is 18.1 Å². The number of anilines is 1. The number of hydrogen-bond donors (Lipinski definition) is 1. The van der Waals surface area contributed by atoms with Crippen LogP contribution in [0.15, 0.2) is 40.6 Å². The predicted octanol–water partition coefficient (Wildman–Crippen LogP) is 3.23. The molecule has 1 saturated heterocycles. The summed E-state index contributed by atoms with van der Waals surface area (Å²) in [6, 6.07) is 7.57. The van der Waals surface area contributed by atoms with Gasteiger partial charge >= 0.3 is 5.97 Å². The number of methoxy groups -OCH3 is 1. The minimum Gasteiger partial charge on any atom is -0.465 e. The number of piperidine rings is 1. The molecule has 1 N–H and O–H groups in total. The molecule has 10 heteroatoms. The van der Waals surface area contributed by atoms with Crippen molar-refractivity contribution in [1.29, 1.82) is 0 Å². The summed E-state index contributed by atoms with van der Waals surface area (Å²) < 4.78 is 31.7. The first-order valence-corrected chi connectivity index (χ1v) is 11.2. The first kappa shape index (κ1) is 20.8. The van der Waals surface area contributed by atoms with Gasteiger partial charge in [-0.05, 0) is 48.6 Å². The van der Waals surface area contributed by atoms with E-state index in [1.807, 2.05) is 0 Å². The lowest BCUT2D eigenvalue weighted by atomic mass is 9.99. The van der Waals surface area contributed by atoms with E-state index in [1.165, 1.54) is 47.0 Å². The highest BCUT2D eigenvalue weighted by Crippen LogP contribution is 2.28.